The molecule has 2 nitrogen and oxygen atoms in total. The monoisotopic (exact) mass is 124 g/mol. The van der Waals surface area contributed by atoms with Crippen molar-refractivity contribution >= 4 is 0 Å². The van der Waals surface area contributed by atoms with Crippen LogP contribution in [0.15, 0.2) is 0 Å². The van der Waals surface area contributed by atoms with Gasteiger partial charge < -0.3 is 4.90 Å². The first-order valence-electron chi connectivity index (χ1n) is 3.32. The van der Waals surface area contributed by atoms with E-state index in [0.29, 0.717) is 5.92 Å². The van der Waals surface area contributed by atoms with Crippen LogP contribution in [-0.2, 0) is 0 Å². The van der Waals surface area contributed by atoms with E-state index < -0.39 is 0 Å². The van der Waals surface area contributed by atoms with Crippen molar-refractivity contribution in [3.63, 3.8) is 0 Å². The molecular weight excluding hydrogens is 112 g/mol. The Balaban J connectivity index is 2.50. The Bertz CT molecular complexity index is 136. The topological polar surface area (TPSA) is 27.0 Å². The van der Waals surface area contributed by atoms with Crippen molar-refractivity contribution < 1.29 is 0 Å². The van der Waals surface area contributed by atoms with E-state index in [-0.39, 0.29) is 5.92 Å². The molecule has 1 aliphatic heterocycles. The molecule has 0 radical (unpaired) electrons. The van der Waals surface area contributed by atoms with E-state index >= 15 is 0 Å². The Kier molecular flexibility index (Phi) is 1.73. The smallest absolute Gasteiger partial charge is 0.0672 e. The molecule has 0 aromatic carbocycles. The molecule has 1 saturated heterocycles. The molecule has 2 heteroatoms. The summed E-state index contributed by atoms with van der Waals surface area (Å²) < 4.78 is 0. The molecule has 0 spiro atoms. The van der Waals surface area contributed by atoms with Gasteiger partial charge in [-0.15, -0.1) is 0 Å². The number of nitriles is 1. The van der Waals surface area contributed by atoms with Crippen LogP contribution in [0.5, 0.6) is 0 Å². The van der Waals surface area contributed by atoms with Crippen LogP contribution in [0.3, 0.4) is 0 Å². The molecule has 0 amide bonds. The predicted octanol–water partition coefficient (Wildman–Crippen LogP) is 0.708. The molecule has 1 fully saturated rings. The molecule has 0 bridgehead atoms. The minimum atomic E-state index is 0.273. The van der Waals surface area contributed by atoms with Gasteiger partial charge in [-0.1, -0.05) is 6.92 Å². The molecule has 50 valence electrons. The lowest BCUT2D eigenvalue weighted by atomic mass is 10.0. The van der Waals surface area contributed by atoms with E-state index in [0.717, 1.165) is 13.1 Å². The molecule has 0 N–H and O–H groups in total. The van der Waals surface area contributed by atoms with Gasteiger partial charge in [0.15, 0.2) is 0 Å². The van der Waals surface area contributed by atoms with E-state index in [1.165, 1.54) is 0 Å². The normalized spacial score (nSPS) is 36.6. The lowest BCUT2D eigenvalue weighted by Gasteiger charge is -2.02. The fraction of sp³-hybridized carbons (Fsp3) is 0.857. The van der Waals surface area contributed by atoms with Gasteiger partial charge in [-0.05, 0) is 13.0 Å². The number of hydrogen-bond acceptors (Lipinski definition) is 2. The third-order valence-corrected chi connectivity index (χ3v) is 1.96. The summed E-state index contributed by atoms with van der Waals surface area (Å²) in [6.45, 7) is 4.17. The second kappa shape index (κ2) is 2.36. The quantitative estimate of drug-likeness (QED) is 0.475. The summed E-state index contributed by atoms with van der Waals surface area (Å²) in [6, 6.07) is 2.30. The van der Waals surface area contributed by atoms with Crippen molar-refractivity contribution in [2.24, 2.45) is 11.8 Å². The van der Waals surface area contributed by atoms with Gasteiger partial charge in [0, 0.05) is 13.1 Å². The summed E-state index contributed by atoms with van der Waals surface area (Å²) in [5, 5.41) is 8.58. The van der Waals surface area contributed by atoms with Crippen LogP contribution in [0.2, 0.25) is 0 Å². The van der Waals surface area contributed by atoms with Crippen LogP contribution in [-0.4, -0.2) is 25.0 Å². The number of rotatable bonds is 0. The summed E-state index contributed by atoms with van der Waals surface area (Å²) in [7, 11) is 2.06. The van der Waals surface area contributed by atoms with Crippen molar-refractivity contribution in [1.29, 1.82) is 5.26 Å². The number of nitrogens with zero attached hydrogens (tertiary/aromatic N) is 2. The van der Waals surface area contributed by atoms with E-state index in [1.807, 2.05) is 0 Å². The first-order chi connectivity index (χ1) is 4.24. The van der Waals surface area contributed by atoms with Crippen molar-refractivity contribution in [2.45, 2.75) is 6.92 Å². The van der Waals surface area contributed by atoms with E-state index in [9.17, 15) is 0 Å². The van der Waals surface area contributed by atoms with Gasteiger partial charge in [0.1, 0.15) is 0 Å². The predicted molar refractivity (Wildman–Crippen MR) is 35.8 cm³/mol. The summed E-state index contributed by atoms with van der Waals surface area (Å²) >= 11 is 0. The van der Waals surface area contributed by atoms with Gasteiger partial charge in [0.25, 0.3) is 0 Å². The highest BCUT2D eigenvalue weighted by Gasteiger charge is 2.26. The van der Waals surface area contributed by atoms with Crippen LogP contribution in [0, 0.1) is 23.2 Å². The van der Waals surface area contributed by atoms with Crippen molar-refractivity contribution in [1.82, 2.24) is 4.90 Å². The second-order valence-corrected chi connectivity index (χ2v) is 2.93. The molecule has 0 aromatic rings. The largest absolute Gasteiger partial charge is 0.305 e. The second-order valence-electron chi connectivity index (χ2n) is 2.93. The van der Waals surface area contributed by atoms with Crippen LogP contribution in [0.25, 0.3) is 0 Å². The molecule has 1 unspecified atom stereocenters. The highest BCUT2D eigenvalue weighted by atomic mass is 15.1. The fourth-order valence-corrected chi connectivity index (χ4v) is 1.38. The van der Waals surface area contributed by atoms with E-state index in [4.69, 9.17) is 5.26 Å². The Hall–Kier alpha value is -0.550. The van der Waals surface area contributed by atoms with Gasteiger partial charge >= 0.3 is 0 Å². The molecule has 9 heavy (non-hydrogen) atoms. The van der Waals surface area contributed by atoms with Gasteiger partial charge in [-0.25, -0.2) is 0 Å². The number of likely N-dealkylation sites (tertiary alicyclic amines) is 1. The first kappa shape index (κ1) is 6.57. The lowest BCUT2D eigenvalue weighted by Crippen LogP contribution is -2.13. The molecule has 1 rings (SSSR count). The highest BCUT2D eigenvalue weighted by molar-refractivity contribution is 4.93. The standard InChI is InChI=1S/C7H12N2/c1-6-4-9(2)5-7(6)3-8/h6-7H,4-5H2,1-2H3/t6-,7?/m1/s1. The molecule has 1 aliphatic rings. The van der Waals surface area contributed by atoms with Gasteiger partial charge in [0.2, 0.25) is 0 Å². The Morgan fingerprint density at radius 1 is 1.56 bits per heavy atom. The molecule has 2 atom stereocenters. The maximum absolute atomic E-state index is 8.58. The SMILES string of the molecule is C[C@@H]1CN(C)CC1C#N. The Morgan fingerprint density at radius 2 is 2.22 bits per heavy atom. The van der Waals surface area contributed by atoms with Crippen LogP contribution in [0.4, 0.5) is 0 Å². The number of hydrogen-bond donors (Lipinski definition) is 0. The minimum absolute atomic E-state index is 0.273. The van der Waals surface area contributed by atoms with E-state index in [1.54, 1.807) is 0 Å². The van der Waals surface area contributed by atoms with Crippen molar-refractivity contribution in [2.75, 3.05) is 20.1 Å². The minimum Gasteiger partial charge on any atom is -0.305 e. The average molecular weight is 124 g/mol. The van der Waals surface area contributed by atoms with E-state index in [2.05, 4.69) is 24.9 Å². The maximum Gasteiger partial charge on any atom is 0.0672 e. The van der Waals surface area contributed by atoms with Crippen molar-refractivity contribution in [3.8, 4) is 6.07 Å². The zero-order valence-corrected chi connectivity index (χ0v) is 5.96. The Morgan fingerprint density at radius 3 is 2.44 bits per heavy atom. The average Bonchev–Trinajstić information content (AvgIpc) is 2.10. The fourth-order valence-electron chi connectivity index (χ4n) is 1.38. The lowest BCUT2D eigenvalue weighted by molar-refractivity contribution is 0.400. The first-order valence-corrected chi connectivity index (χ1v) is 3.32. The maximum atomic E-state index is 8.58. The van der Waals surface area contributed by atoms with Gasteiger partial charge in [0.05, 0.1) is 12.0 Å². The molecule has 0 aromatic heterocycles. The third kappa shape index (κ3) is 1.22. The van der Waals surface area contributed by atoms with Crippen LogP contribution in [0.1, 0.15) is 6.92 Å². The van der Waals surface area contributed by atoms with Crippen molar-refractivity contribution in [3.05, 3.63) is 0 Å². The summed E-state index contributed by atoms with van der Waals surface area (Å²) in [4.78, 5) is 2.21. The van der Waals surface area contributed by atoms with Crippen LogP contribution < -0.4 is 0 Å². The summed E-state index contributed by atoms with van der Waals surface area (Å²) in [5.74, 6) is 0.843. The molecule has 0 aliphatic carbocycles. The highest BCUT2D eigenvalue weighted by Crippen LogP contribution is 2.19. The summed E-state index contributed by atoms with van der Waals surface area (Å²) in [6.07, 6.45) is 0. The Labute approximate surface area is 56.1 Å². The molecular formula is C7H12N2. The van der Waals surface area contributed by atoms with Gasteiger partial charge in [-0.3, -0.25) is 0 Å². The zero-order valence-electron chi connectivity index (χ0n) is 5.96. The summed E-state index contributed by atoms with van der Waals surface area (Å²) in [5.41, 5.74) is 0. The molecule has 0 saturated carbocycles. The molecule has 1 heterocycles. The zero-order chi connectivity index (χ0) is 6.85. The van der Waals surface area contributed by atoms with Gasteiger partial charge in [-0.2, -0.15) is 5.26 Å². The van der Waals surface area contributed by atoms with Crippen LogP contribution >= 0.6 is 0 Å². The third-order valence-electron chi connectivity index (χ3n) is 1.96.